The van der Waals surface area contributed by atoms with Crippen molar-refractivity contribution in [3.63, 3.8) is 0 Å². The average molecular weight is 306 g/mol. The van der Waals surface area contributed by atoms with Crippen molar-refractivity contribution in [1.29, 1.82) is 10.5 Å². The number of nitriles is 2. The standard InChI is InChI=1S/C14H12N4O2.K/c1-13(2)7-3-4-14(13,12(19)20)11-10(7)17-8(5-15)9(6-16)18-11;/h7H,3-4H2,1-2H3,(H,19,20);/q;+1/p-1. The Labute approximate surface area is 164 Å². The van der Waals surface area contributed by atoms with E-state index in [0.29, 0.717) is 24.2 Å². The summed E-state index contributed by atoms with van der Waals surface area (Å²) in [6.45, 7) is 3.73. The van der Waals surface area contributed by atoms with Crippen LogP contribution in [0.1, 0.15) is 55.4 Å². The van der Waals surface area contributed by atoms with Crippen LogP contribution in [-0.2, 0) is 10.2 Å². The number of nitrogens with zero attached hydrogens (tertiary/aromatic N) is 4. The first kappa shape index (κ1) is 16.5. The van der Waals surface area contributed by atoms with Gasteiger partial charge in [-0.1, -0.05) is 13.8 Å². The van der Waals surface area contributed by atoms with E-state index in [0.717, 1.165) is 0 Å². The second kappa shape index (κ2) is 5.11. The van der Waals surface area contributed by atoms with E-state index in [1.165, 1.54) is 0 Å². The third kappa shape index (κ3) is 1.79. The van der Waals surface area contributed by atoms with Crippen LogP contribution in [0.15, 0.2) is 0 Å². The molecule has 2 unspecified atom stereocenters. The summed E-state index contributed by atoms with van der Waals surface area (Å²) < 4.78 is 0. The number of hydrogen-bond donors (Lipinski definition) is 0. The number of fused-ring (bicyclic) bond motifs is 5. The first-order chi connectivity index (χ1) is 9.40. The summed E-state index contributed by atoms with van der Waals surface area (Å²) in [4.78, 5) is 20.1. The Bertz CT molecular complexity index is 732. The van der Waals surface area contributed by atoms with Gasteiger partial charge in [-0.25, -0.2) is 9.97 Å². The van der Waals surface area contributed by atoms with Crippen LogP contribution in [-0.4, -0.2) is 15.9 Å². The van der Waals surface area contributed by atoms with Gasteiger partial charge in [0.15, 0.2) is 11.4 Å². The maximum absolute atomic E-state index is 11.8. The van der Waals surface area contributed by atoms with Crippen LogP contribution in [0, 0.1) is 28.1 Å². The zero-order valence-electron chi connectivity index (χ0n) is 12.1. The van der Waals surface area contributed by atoms with Gasteiger partial charge in [-0.15, -0.1) is 0 Å². The predicted octanol–water partition coefficient (Wildman–Crippen LogP) is -2.87. The van der Waals surface area contributed by atoms with Crippen molar-refractivity contribution in [2.45, 2.75) is 38.0 Å². The summed E-state index contributed by atoms with van der Waals surface area (Å²) in [6.07, 6.45) is 1.12. The molecular formula is C14H11KN4O2. The molecule has 1 aromatic heterocycles. The van der Waals surface area contributed by atoms with E-state index in [4.69, 9.17) is 10.5 Å². The van der Waals surface area contributed by atoms with Crippen molar-refractivity contribution < 1.29 is 61.3 Å². The molecule has 1 saturated carbocycles. The molecule has 1 aromatic rings. The number of aromatic nitrogens is 2. The summed E-state index contributed by atoms with van der Waals surface area (Å²) in [6, 6.07) is 3.66. The zero-order valence-corrected chi connectivity index (χ0v) is 15.2. The van der Waals surface area contributed by atoms with Gasteiger partial charge in [0.05, 0.1) is 22.8 Å². The van der Waals surface area contributed by atoms with Gasteiger partial charge in [0.2, 0.25) is 0 Å². The molecule has 0 saturated heterocycles. The molecule has 3 rings (SSSR count). The molecule has 21 heavy (non-hydrogen) atoms. The number of rotatable bonds is 1. The predicted molar refractivity (Wildman–Crippen MR) is 63.9 cm³/mol. The summed E-state index contributed by atoms with van der Waals surface area (Å²) in [7, 11) is 0. The summed E-state index contributed by atoms with van der Waals surface area (Å²) in [5.41, 5.74) is -1.08. The minimum atomic E-state index is -1.21. The van der Waals surface area contributed by atoms with Gasteiger partial charge >= 0.3 is 51.4 Å². The molecular weight excluding hydrogens is 295 g/mol. The van der Waals surface area contributed by atoms with Crippen LogP contribution in [0.2, 0.25) is 0 Å². The molecule has 0 aromatic carbocycles. The van der Waals surface area contributed by atoms with Crippen LogP contribution >= 0.6 is 0 Å². The molecule has 2 aliphatic carbocycles. The number of carboxylic acids is 1. The number of carbonyl (C=O) groups is 1. The second-order valence-electron chi connectivity index (χ2n) is 5.88. The molecule has 0 N–H and O–H groups in total. The van der Waals surface area contributed by atoms with Crippen LogP contribution in [0.4, 0.5) is 0 Å². The smallest absolute Gasteiger partial charge is 0.549 e. The number of hydrogen-bond acceptors (Lipinski definition) is 6. The van der Waals surface area contributed by atoms with Crippen molar-refractivity contribution in [3.8, 4) is 12.1 Å². The summed E-state index contributed by atoms with van der Waals surface area (Å²) >= 11 is 0. The molecule has 1 fully saturated rings. The van der Waals surface area contributed by atoms with E-state index in [1.807, 2.05) is 26.0 Å². The fraction of sp³-hybridized carbons (Fsp3) is 0.500. The minimum absolute atomic E-state index is 0. The van der Waals surface area contributed by atoms with Gasteiger partial charge in [0.25, 0.3) is 0 Å². The van der Waals surface area contributed by atoms with E-state index in [2.05, 4.69) is 9.97 Å². The van der Waals surface area contributed by atoms with E-state index in [-0.39, 0.29) is 68.7 Å². The van der Waals surface area contributed by atoms with Crippen molar-refractivity contribution in [2.75, 3.05) is 0 Å². The number of carbonyl (C=O) groups excluding carboxylic acids is 1. The fourth-order valence-corrected chi connectivity index (χ4v) is 3.87. The van der Waals surface area contributed by atoms with Crippen molar-refractivity contribution in [1.82, 2.24) is 9.97 Å². The Balaban J connectivity index is 0.00000161. The van der Waals surface area contributed by atoms with Gasteiger partial charge in [-0.2, -0.15) is 10.5 Å². The Hall–Kier alpha value is -0.834. The Morgan fingerprint density at radius 3 is 2.38 bits per heavy atom. The molecule has 0 spiro atoms. The van der Waals surface area contributed by atoms with Crippen LogP contribution in [0.25, 0.3) is 0 Å². The third-order valence-corrected chi connectivity index (χ3v) is 5.00. The maximum Gasteiger partial charge on any atom is 1.00 e. The Kier molecular flexibility index (Phi) is 4.03. The monoisotopic (exact) mass is 306 g/mol. The van der Waals surface area contributed by atoms with Crippen LogP contribution in [0.5, 0.6) is 0 Å². The molecule has 2 bridgehead atoms. The first-order valence-electron chi connectivity index (χ1n) is 6.34. The fourth-order valence-electron chi connectivity index (χ4n) is 3.87. The third-order valence-electron chi connectivity index (χ3n) is 5.00. The van der Waals surface area contributed by atoms with E-state index in [1.54, 1.807) is 0 Å². The molecule has 1 heterocycles. The van der Waals surface area contributed by atoms with E-state index >= 15 is 0 Å². The molecule has 0 radical (unpaired) electrons. The van der Waals surface area contributed by atoms with Gasteiger partial charge in [-0.05, 0) is 18.3 Å². The normalized spacial score (nSPS) is 27.1. The SMILES string of the molecule is CC1(C)C2CCC1(C(=O)[O-])c1nc(C#N)c(C#N)nc12.[K+]. The van der Waals surface area contributed by atoms with Crippen molar-refractivity contribution >= 4 is 5.97 Å². The van der Waals surface area contributed by atoms with E-state index < -0.39 is 16.8 Å². The van der Waals surface area contributed by atoms with Crippen molar-refractivity contribution in [3.05, 3.63) is 22.8 Å². The van der Waals surface area contributed by atoms with E-state index in [9.17, 15) is 9.90 Å². The minimum Gasteiger partial charge on any atom is -0.549 e. The Morgan fingerprint density at radius 1 is 1.29 bits per heavy atom. The average Bonchev–Trinajstić information content (AvgIpc) is 2.80. The summed E-state index contributed by atoms with van der Waals surface area (Å²) in [5.74, 6) is -1.24. The Morgan fingerprint density at radius 2 is 1.86 bits per heavy atom. The van der Waals surface area contributed by atoms with Crippen LogP contribution < -0.4 is 56.5 Å². The summed E-state index contributed by atoms with van der Waals surface area (Å²) in [5, 5.41) is 29.8. The first-order valence-corrected chi connectivity index (χ1v) is 6.34. The maximum atomic E-state index is 11.8. The quantitative estimate of drug-likeness (QED) is 0.515. The second-order valence-corrected chi connectivity index (χ2v) is 5.88. The topological polar surface area (TPSA) is 113 Å². The zero-order chi connectivity index (χ0) is 14.7. The molecule has 100 valence electrons. The van der Waals surface area contributed by atoms with Gasteiger partial charge in [-0.3, -0.25) is 0 Å². The van der Waals surface area contributed by atoms with Gasteiger partial charge < -0.3 is 9.90 Å². The molecule has 0 aliphatic heterocycles. The number of aliphatic carboxylic acids is 1. The van der Waals surface area contributed by atoms with Gasteiger partial charge in [0, 0.05) is 5.92 Å². The molecule has 2 atom stereocenters. The number of carboxylic acid groups (broad SMARTS) is 1. The molecule has 0 amide bonds. The van der Waals surface area contributed by atoms with Crippen LogP contribution in [0.3, 0.4) is 0 Å². The largest absolute Gasteiger partial charge is 1.00 e. The molecule has 7 heteroatoms. The van der Waals surface area contributed by atoms with Gasteiger partial charge in [0.1, 0.15) is 12.1 Å². The van der Waals surface area contributed by atoms with Crippen molar-refractivity contribution in [2.24, 2.45) is 5.41 Å². The molecule has 2 aliphatic rings. The molecule has 6 nitrogen and oxygen atoms in total.